The molecule has 100 valence electrons. The van der Waals surface area contributed by atoms with E-state index in [2.05, 4.69) is 9.73 Å². The topological polar surface area (TPSA) is 38.7 Å². The fourth-order valence-electron chi connectivity index (χ4n) is 0.775. The van der Waals surface area contributed by atoms with Gasteiger partial charge in [0.05, 0.1) is 5.69 Å². The Kier molecular flexibility index (Phi) is 7.43. The number of hydrogen-bond acceptors (Lipinski definition) is 3. The van der Waals surface area contributed by atoms with Gasteiger partial charge in [-0.25, -0.2) is 4.79 Å². The molecule has 8 heteroatoms. The molecule has 0 saturated heterocycles. The Balaban J connectivity index is 0.000000631. The number of hydrogen-bond donors (Lipinski definition) is 0. The van der Waals surface area contributed by atoms with Crippen LogP contribution in [0.15, 0.2) is 29.3 Å². The van der Waals surface area contributed by atoms with Gasteiger partial charge in [0.15, 0.2) is 0 Å². The van der Waals surface area contributed by atoms with Gasteiger partial charge >= 0.3 is 6.36 Å². The Morgan fingerprint density at radius 1 is 1.28 bits per heavy atom. The van der Waals surface area contributed by atoms with Crippen molar-refractivity contribution in [2.24, 2.45) is 4.99 Å². The molecule has 1 rings (SSSR count). The smallest absolute Gasteiger partial charge is 0.406 e. The van der Waals surface area contributed by atoms with E-state index in [1.165, 1.54) is 18.2 Å². The molecule has 1 aromatic carbocycles. The summed E-state index contributed by atoms with van der Waals surface area (Å²) in [4.78, 5) is 12.8. The molecule has 18 heavy (non-hydrogen) atoms. The number of aliphatic imine (C=N–C) groups is 1. The zero-order chi connectivity index (χ0) is 14.2. The van der Waals surface area contributed by atoms with E-state index < -0.39 is 6.36 Å². The number of carbonyl (C=O) groups excluding carboxylic acids is 1. The van der Waals surface area contributed by atoms with Crippen molar-refractivity contribution >= 4 is 35.0 Å². The van der Waals surface area contributed by atoms with Gasteiger partial charge in [-0.2, -0.15) is 4.99 Å². The van der Waals surface area contributed by atoms with E-state index in [0.29, 0.717) is 0 Å². The quantitative estimate of drug-likeness (QED) is 0.462. The number of halogens is 5. The normalized spacial score (nSPS) is 10.2. The van der Waals surface area contributed by atoms with Crippen molar-refractivity contribution in [3.8, 4) is 5.75 Å². The third-order valence-electron chi connectivity index (χ3n) is 1.25. The summed E-state index contributed by atoms with van der Waals surface area (Å²) in [6.45, 7) is 1.70. The second kappa shape index (κ2) is 7.97. The van der Waals surface area contributed by atoms with Crippen LogP contribution in [0.1, 0.15) is 6.92 Å². The van der Waals surface area contributed by atoms with Gasteiger partial charge in [-0.1, -0.05) is 0 Å². The molecule has 0 unspecified atom stereocenters. The number of isocyanates is 1. The molecule has 0 aliphatic heterocycles. The van der Waals surface area contributed by atoms with Gasteiger partial charge in [-0.3, -0.25) is 0 Å². The molecule has 0 saturated carbocycles. The Bertz CT molecular complexity index is 398. The largest absolute Gasteiger partial charge is 0.573 e. The molecule has 0 radical (unpaired) electrons. The highest BCUT2D eigenvalue weighted by atomic mass is 35.5. The van der Waals surface area contributed by atoms with Crippen LogP contribution in [0.3, 0.4) is 0 Å². The third kappa shape index (κ3) is 9.96. The van der Waals surface area contributed by atoms with E-state index in [0.717, 1.165) is 12.1 Å². The monoisotopic (exact) mass is 301 g/mol. The number of nitrogens with zero attached hydrogens (tertiary/aromatic N) is 1. The second-order valence-corrected chi connectivity index (χ2v) is 4.30. The maximum atomic E-state index is 11.7. The van der Waals surface area contributed by atoms with Gasteiger partial charge in [-0.15, -0.1) is 36.4 Å². The van der Waals surface area contributed by atoms with Crippen molar-refractivity contribution in [2.45, 2.75) is 18.1 Å². The SMILES string of the molecule is CC(Cl)Cl.O=C=Nc1ccc(OC(F)(F)F)cc1. The lowest BCUT2D eigenvalue weighted by atomic mass is 10.3. The number of rotatable bonds is 2. The molecule has 0 spiro atoms. The van der Waals surface area contributed by atoms with Crippen LogP contribution < -0.4 is 4.74 Å². The van der Waals surface area contributed by atoms with E-state index in [1.807, 2.05) is 0 Å². The highest BCUT2D eigenvalue weighted by Gasteiger charge is 2.30. The molecule has 0 N–H and O–H groups in total. The van der Waals surface area contributed by atoms with Gasteiger partial charge in [0.25, 0.3) is 0 Å². The molecule has 0 aliphatic carbocycles. The molecule has 0 fully saturated rings. The zero-order valence-electron chi connectivity index (χ0n) is 9.04. The number of alkyl halides is 5. The zero-order valence-corrected chi connectivity index (χ0v) is 10.6. The van der Waals surface area contributed by atoms with Crippen LogP contribution in [0.5, 0.6) is 5.75 Å². The lowest BCUT2D eigenvalue weighted by Crippen LogP contribution is -2.16. The fourth-order valence-corrected chi connectivity index (χ4v) is 0.775. The standard InChI is InChI=1S/C8H4F3NO2.C2H4Cl2/c9-8(10,11)14-7-3-1-6(2-4-7)12-5-13;1-2(3)4/h1-4H;2H,1H3. The summed E-state index contributed by atoms with van der Waals surface area (Å²) in [6.07, 6.45) is -3.45. The third-order valence-corrected chi connectivity index (χ3v) is 1.25. The summed E-state index contributed by atoms with van der Waals surface area (Å²) in [5, 5.41) is 0. The van der Waals surface area contributed by atoms with Crippen LogP contribution in [-0.2, 0) is 4.79 Å². The Labute approximate surface area is 111 Å². The van der Waals surface area contributed by atoms with Crippen LogP contribution >= 0.6 is 23.2 Å². The first-order valence-electron chi connectivity index (χ1n) is 4.46. The van der Waals surface area contributed by atoms with Gasteiger partial charge < -0.3 is 4.74 Å². The molecule has 0 heterocycles. The summed E-state index contributed by atoms with van der Waals surface area (Å²) in [5.41, 5.74) is 0.217. The molecule has 0 atom stereocenters. The lowest BCUT2D eigenvalue weighted by Gasteiger charge is -2.07. The average molecular weight is 302 g/mol. The first-order valence-corrected chi connectivity index (χ1v) is 5.33. The number of benzene rings is 1. The van der Waals surface area contributed by atoms with Crippen molar-refractivity contribution < 1.29 is 22.7 Å². The van der Waals surface area contributed by atoms with Crippen molar-refractivity contribution in [1.82, 2.24) is 0 Å². The molecular formula is C10H8Cl2F3NO2. The first-order chi connectivity index (χ1) is 8.24. The molecule has 0 aliphatic rings. The van der Waals surface area contributed by atoms with Crippen LogP contribution in [0.25, 0.3) is 0 Å². The molecule has 1 aromatic rings. The van der Waals surface area contributed by atoms with Gasteiger partial charge in [-0.05, 0) is 31.2 Å². The van der Waals surface area contributed by atoms with E-state index in [-0.39, 0.29) is 16.3 Å². The molecular weight excluding hydrogens is 294 g/mol. The van der Waals surface area contributed by atoms with Crippen molar-refractivity contribution in [3.05, 3.63) is 24.3 Å². The average Bonchev–Trinajstić information content (AvgIpc) is 2.18. The molecule has 0 bridgehead atoms. The van der Waals surface area contributed by atoms with Gasteiger partial charge in [0.1, 0.15) is 10.6 Å². The summed E-state index contributed by atoms with van der Waals surface area (Å²) in [6, 6.07) is 4.55. The van der Waals surface area contributed by atoms with Crippen LogP contribution in [0.2, 0.25) is 0 Å². The van der Waals surface area contributed by atoms with Crippen LogP contribution in [0, 0.1) is 0 Å². The first kappa shape index (κ1) is 16.8. The van der Waals surface area contributed by atoms with Gasteiger partial charge in [0.2, 0.25) is 6.08 Å². The van der Waals surface area contributed by atoms with Gasteiger partial charge in [0, 0.05) is 0 Å². The maximum Gasteiger partial charge on any atom is 0.573 e. The van der Waals surface area contributed by atoms with Crippen molar-refractivity contribution in [1.29, 1.82) is 0 Å². The maximum absolute atomic E-state index is 11.7. The predicted octanol–water partition coefficient (Wildman–Crippen LogP) is 4.36. The highest BCUT2D eigenvalue weighted by Crippen LogP contribution is 2.24. The number of ether oxygens (including phenoxy) is 1. The van der Waals surface area contributed by atoms with Crippen LogP contribution in [0.4, 0.5) is 18.9 Å². The highest BCUT2D eigenvalue weighted by molar-refractivity contribution is 6.43. The van der Waals surface area contributed by atoms with Crippen LogP contribution in [-0.4, -0.2) is 17.3 Å². The minimum Gasteiger partial charge on any atom is -0.406 e. The van der Waals surface area contributed by atoms with Crippen molar-refractivity contribution in [3.63, 3.8) is 0 Å². The minimum absolute atomic E-state index is 0.217. The second-order valence-electron chi connectivity index (χ2n) is 2.76. The summed E-state index contributed by atoms with van der Waals surface area (Å²) >= 11 is 10.1. The molecule has 0 amide bonds. The van der Waals surface area contributed by atoms with E-state index in [1.54, 1.807) is 6.92 Å². The van der Waals surface area contributed by atoms with E-state index in [4.69, 9.17) is 23.2 Å². The molecule has 3 nitrogen and oxygen atoms in total. The Morgan fingerprint density at radius 2 is 1.72 bits per heavy atom. The summed E-state index contributed by atoms with van der Waals surface area (Å²) in [7, 11) is 0. The lowest BCUT2D eigenvalue weighted by molar-refractivity contribution is -0.274. The molecule has 0 aromatic heterocycles. The minimum atomic E-state index is -4.71. The van der Waals surface area contributed by atoms with E-state index in [9.17, 15) is 18.0 Å². The fraction of sp³-hybridized carbons (Fsp3) is 0.300. The van der Waals surface area contributed by atoms with E-state index >= 15 is 0 Å². The Hall–Kier alpha value is -1.23. The summed E-state index contributed by atoms with van der Waals surface area (Å²) in [5.74, 6) is -0.359. The summed E-state index contributed by atoms with van der Waals surface area (Å²) < 4.78 is 38.6. The van der Waals surface area contributed by atoms with Crippen molar-refractivity contribution in [2.75, 3.05) is 0 Å². The Morgan fingerprint density at radius 3 is 2.06 bits per heavy atom. The predicted molar refractivity (Wildman–Crippen MR) is 62.1 cm³/mol.